The van der Waals surface area contributed by atoms with Crippen LogP contribution in [0.2, 0.25) is 0 Å². The lowest BCUT2D eigenvalue weighted by molar-refractivity contribution is 1.40. The van der Waals surface area contributed by atoms with Crippen molar-refractivity contribution in [1.29, 1.82) is 0 Å². The summed E-state index contributed by atoms with van der Waals surface area (Å²) in [5.41, 5.74) is 0.976. The molecule has 0 atom stereocenters. The molecule has 0 unspecified atom stereocenters. The summed E-state index contributed by atoms with van der Waals surface area (Å²) in [6.07, 6.45) is 0. The summed E-state index contributed by atoms with van der Waals surface area (Å²) in [7, 11) is 0. The fourth-order valence-corrected chi connectivity index (χ4v) is 2.79. The molecule has 0 fully saturated rings. The molecule has 4 aromatic rings. The van der Waals surface area contributed by atoms with Gasteiger partial charge in [0, 0.05) is 10.8 Å². The molecular weight excluding hydrogens is 266 g/mol. The second-order valence-corrected chi connectivity index (χ2v) is 5.30. The first-order valence-electron chi connectivity index (χ1n) is 7.42. The van der Waals surface area contributed by atoms with E-state index in [1.165, 1.54) is 21.5 Å². The third-order valence-electron chi connectivity index (χ3n) is 3.87. The van der Waals surface area contributed by atoms with E-state index in [1.807, 2.05) is 30.3 Å². The minimum atomic E-state index is 0.976. The molecular formula is C21H15N. The van der Waals surface area contributed by atoms with E-state index in [-0.39, 0.29) is 0 Å². The van der Waals surface area contributed by atoms with Crippen molar-refractivity contribution in [3.8, 4) is 0 Å². The molecule has 0 bridgehead atoms. The zero-order valence-electron chi connectivity index (χ0n) is 12.1. The largest absolute Gasteiger partial charge is 0.248 e. The molecule has 0 heterocycles. The van der Waals surface area contributed by atoms with Crippen LogP contribution in [0, 0.1) is 0 Å². The number of para-hydroxylation sites is 1. The van der Waals surface area contributed by atoms with Gasteiger partial charge in [0.15, 0.2) is 0 Å². The van der Waals surface area contributed by atoms with Crippen LogP contribution in [0.15, 0.2) is 96.0 Å². The lowest BCUT2D eigenvalue weighted by atomic mass is 10.1. The van der Waals surface area contributed by atoms with Gasteiger partial charge < -0.3 is 0 Å². The van der Waals surface area contributed by atoms with E-state index in [9.17, 15) is 0 Å². The van der Waals surface area contributed by atoms with Crippen LogP contribution < -0.4 is 5.36 Å². The zero-order valence-corrected chi connectivity index (χ0v) is 12.1. The first kappa shape index (κ1) is 12.8. The van der Waals surface area contributed by atoms with Gasteiger partial charge in [-0.3, -0.25) is 0 Å². The molecule has 104 valence electrons. The van der Waals surface area contributed by atoms with E-state index < -0.39 is 0 Å². The van der Waals surface area contributed by atoms with E-state index in [0.717, 1.165) is 11.0 Å². The van der Waals surface area contributed by atoms with Crippen molar-refractivity contribution in [2.24, 2.45) is 4.99 Å². The van der Waals surface area contributed by atoms with Gasteiger partial charge in [0.05, 0.1) is 11.0 Å². The van der Waals surface area contributed by atoms with Crippen LogP contribution in [0.25, 0.3) is 21.5 Å². The number of nitrogens with zero attached hydrogens (tertiary/aromatic N) is 1. The lowest BCUT2D eigenvalue weighted by Crippen LogP contribution is -2.01. The van der Waals surface area contributed by atoms with Crippen molar-refractivity contribution >= 4 is 27.2 Å². The summed E-state index contributed by atoms with van der Waals surface area (Å²) in [5.74, 6) is 0. The summed E-state index contributed by atoms with van der Waals surface area (Å²) in [6, 6.07) is 31.3. The molecule has 0 radical (unpaired) electrons. The number of hydrogen-bond acceptors (Lipinski definition) is 1. The Balaban J connectivity index is 2.24. The first-order chi connectivity index (χ1) is 10.9. The predicted molar refractivity (Wildman–Crippen MR) is 93.1 cm³/mol. The standard InChI is InChI=1S/C21H15N/c1-2-10-18(11-3-1)22-21-19-12-6-4-8-16(19)14-15-17-9-5-7-13-20(17)21/h1-15H. The van der Waals surface area contributed by atoms with Gasteiger partial charge in [0.25, 0.3) is 0 Å². The van der Waals surface area contributed by atoms with E-state index in [0.29, 0.717) is 0 Å². The summed E-state index contributed by atoms with van der Waals surface area (Å²) >= 11 is 0. The molecule has 1 nitrogen and oxygen atoms in total. The minimum absolute atomic E-state index is 0.976. The topological polar surface area (TPSA) is 12.4 Å². The summed E-state index contributed by atoms with van der Waals surface area (Å²) in [5, 5.41) is 5.78. The van der Waals surface area contributed by atoms with Gasteiger partial charge in [-0.1, -0.05) is 78.9 Å². The third kappa shape index (κ3) is 2.27. The number of rotatable bonds is 1. The second kappa shape index (κ2) is 5.45. The Morgan fingerprint density at radius 2 is 0.955 bits per heavy atom. The predicted octanol–water partition coefficient (Wildman–Crippen LogP) is 5.23. The molecule has 0 spiro atoms. The highest BCUT2D eigenvalue weighted by Gasteiger charge is 2.00. The number of hydrogen-bond donors (Lipinski definition) is 0. The van der Waals surface area contributed by atoms with Crippen molar-refractivity contribution in [2.75, 3.05) is 0 Å². The molecule has 0 aliphatic rings. The fourth-order valence-electron chi connectivity index (χ4n) is 2.79. The molecule has 0 N–H and O–H groups in total. The van der Waals surface area contributed by atoms with Gasteiger partial charge in [-0.25, -0.2) is 4.99 Å². The maximum atomic E-state index is 4.94. The summed E-state index contributed by atoms with van der Waals surface area (Å²) < 4.78 is 0. The zero-order chi connectivity index (χ0) is 14.8. The molecule has 0 aromatic heterocycles. The summed E-state index contributed by atoms with van der Waals surface area (Å²) in [4.78, 5) is 4.94. The van der Waals surface area contributed by atoms with Gasteiger partial charge in [0.1, 0.15) is 0 Å². The van der Waals surface area contributed by atoms with Crippen molar-refractivity contribution < 1.29 is 0 Å². The van der Waals surface area contributed by atoms with Gasteiger partial charge in [-0.15, -0.1) is 0 Å². The third-order valence-corrected chi connectivity index (χ3v) is 3.87. The van der Waals surface area contributed by atoms with Crippen molar-refractivity contribution in [2.45, 2.75) is 0 Å². The van der Waals surface area contributed by atoms with E-state index >= 15 is 0 Å². The molecule has 0 aliphatic heterocycles. The molecule has 0 saturated carbocycles. The van der Waals surface area contributed by atoms with Crippen LogP contribution in [0.4, 0.5) is 5.69 Å². The Morgan fingerprint density at radius 3 is 1.55 bits per heavy atom. The lowest BCUT2D eigenvalue weighted by Gasteiger charge is -1.97. The van der Waals surface area contributed by atoms with Crippen molar-refractivity contribution in [3.05, 3.63) is 96.4 Å². The van der Waals surface area contributed by atoms with E-state index in [1.54, 1.807) is 0 Å². The average molecular weight is 281 g/mol. The Morgan fingerprint density at radius 1 is 0.455 bits per heavy atom. The maximum Gasteiger partial charge on any atom is 0.0793 e. The highest BCUT2D eigenvalue weighted by Crippen LogP contribution is 2.17. The Kier molecular flexibility index (Phi) is 3.17. The number of benzene rings is 3. The van der Waals surface area contributed by atoms with Crippen molar-refractivity contribution in [3.63, 3.8) is 0 Å². The van der Waals surface area contributed by atoms with Crippen molar-refractivity contribution in [1.82, 2.24) is 0 Å². The van der Waals surface area contributed by atoms with Crippen LogP contribution in [0.1, 0.15) is 0 Å². The average Bonchev–Trinajstić information content (AvgIpc) is 2.74. The Hall–Kier alpha value is -2.93. The molecule has 0 aliphatic carbocycles. The molecule has 1 heteroatoms. The SMILES string of the molecule is c1ccc(N=c2c3ccccc3ccc3ccccc23)cc1. The van der Waals surface area contributed by atoms with Crippen LogP contribution >= 0.6 is 0 Å². The molecule has 0 saturated heterocycles. The highest BCUT2D eigenvalue weighted by atomic mass is 14.7. The van der Waals surface area contributed by atoms with Gasteiger partial charge in [-0.05, 0) is 22.9 Å². The van der Waals surface area contributed by atoms with Crippen LogP contribution in [-0.4, -0.2) is 0 Å². The quantitative estimate of drug-likeness (QED) is 0.453. The van der Waals surface area contributed by atoms with Crippen LogP contribution in [0.5, 0.6) is 0 Å². The Labute approximate surface area is 129 Å². The van der Waals surface area contributed by atoms with E-state index in [4.69, 9.17) is 4.99 Å². The van der Waals surface area contributed by atoms with Crippen LogP contribution in [0.3, 0.4) is 0 Å². The van der Waals surface area contributed by atoms with Crippen LogP contribution in [-0.2, 0) is 0 Å². The molecule has 0 amide bonds. The normalized spacial score (nSPS) is 10.7. The minimum Gasteiger partial charge on any atom is -0.248 e. The fraction of sp³-hybridized carbons (Fsp3) is 0. The molecule has 4 aromatic carbocycles. The van der Waals surface area contributed by atoms with Gasteiger partial charge >= 0.3 is 0 Å². The monoisotopic (exact) mass is 281 g/mol. The maximum absolute atomic E-state index is 4.94. The smallest absolute Gasteiger partial charge is 0.0793 e. The molecule has 22 heavy (non-hydrogen) atoms. The second-order valence-electron chi connectivity index (χ2n) is 5.30. The van der Waals surface area contributed by atoms with Gasteiger partial charge in [0.2, 0.25) is 0 Å². The number of fused-ring (bicyclic) bond motifs is 2. The molecule has 4 rings (SSSR count). The highest BCUT2D eigenvalue weighted by molar-refractivity contribution is 5.93. The van der Waals surface area contributed by atoms with Gasteiger partial charge in [-0.2, -0.15) is 0 Å². The first-order valence-corrected chi connectivity index (χ1v) is 7.42. The Bertz CT molecular complexity index is 956. The summed E-state index contributed by atoms with van der Waals surface area (Å²) in [6.45, 7) is 0. The van der Waals surface area contributed by atoms with E-state index in [2.05, 4.69) is 60.7 Å².